The van der Waals surface area contributed by atoms with E-state index in [2.05, 4.69) is 10.6 Å². The number of likely N-dealkylation sites (tertiary alicyclic amines) is 1. The van der Waals surface area contributed by atoms with Crippen LogP contribution in [0.1, 0.15) is 91.9 Å². The lowest BCUT2D eigenvalue weighted by atomic mass is 9.75. The number of aliphatic hydroxyl groups is 5. The van der Waals surface area contributed by atoms with Gasteiger partial charge in [-0.25, -0.2) is 0 Å². The van der Waals surface area contributed by atoms with Crippen LogP contribution >= 0.6 is 0 Å². The van der Waals surface area contributed by atoms with Crippen LogP contribution in [-0.4, -0.2) is 161 Å². The van der Waals surface area contributed by atoms with Crippen LogP contribution in [0.25, 0.3) is 0 Å². The number of rotatable bonds is 20. The number of hydrogen-bond acceptors (Lipinski definition) is 14. The van der Waals surface area contributed by atoms with Crippen molar-refractivity contribution < 1.29 is 63.6 Å². The molecule has 2 heterocycles. The molecule has 17 heteroatoms. The Balaban J connectivity index is 1.65. The number of hydrogen-bond donors (Lipinski definition) is 8. The highest BCUT2D eigenvalue weighted by molar-refractivity contribution is 5.81. The molecule has 4 rings (SSSR count). The number of nitrogens with one attached hydrogen (secondary N) is 2. The first kappa shape index (κ1) is 45.7. The summed E-state index contributed by atoms with van der Waals surface area (Å²) in [4.78, 5) is 41.7. The molecule has 55 heavy (non-hydrogen) atoms. The summed E-state index contributed by atoms with van der Waals surface area (Å²) in [6, 6.07) is -1.13. The van der Waals surface area contributed by atoms with Crippen molar-refractivity contribution in [3.05, 3.63) is 0 Å². The average molecular weight is 789 g/mol. The molecule has 4 fully saturated rings. The predicted octanol–water partition coefficient (Wildman–Crippen LogP) is -0.728. The monoisotopic (exact) mass is 788 g/mol. The predicted molar refractivity (Wildman–Crippen MR) is 198 cm³/mol. The molecular formula is C38H68N4O13. The minimum absolute atomic E-state index is 0.161. The zero-order chi connectivity index (χ0) is 40.2. The van der Waals surface area contributed by atoms with Crippen LogP contribution in [0.4, 0.5) is 0 Å². The van der Waals surface area contributed by atoms with Crippen LogP contribution in [0.15, 0.2) is 0 Å². The maximum Gasteiger partial charge on any atom is 0.251 e. The van der Waals surface area contributed by atoms with E-state index in [1.807, 2.05) is 6.92 Å². The highest BCUT2D eigenvalue weighted by Crippen LogP contribution is 2.39. The Hall–Kier alpha value is -2.03. The smallest absolute Gasteiger partial charge is 0.251 e. The summed E-state index contributed by atoms with van der Waals surface area (Å²) >= 11 is 0. The van der Waals surface area contributed by atoms with Gasteiger partial charge in [-0.3, -0.25) is 14.4 Å². The fourth-order valence-corrected chi connectivity index (χ4v) is 8.43. The molecule has 2 aliphatic heterocycles. The van der Waals surface area contributed by atoms with Gasteiger partial charge in [-0.05, 0) is 51.4 Å². The number of ether oxygens (including phenoxy) is 5. The Morgan fingerprint density at radius 2 is 1.71 bits per heavy atom. The number of nitrogens with two attached hydrogens (primary N) is 1. The first-order valence-corrected chi connectivity index (χ1v) is 20.4. The summed E-state index contributed by atoms with van der Waals surface area (Å²) in [7, 11) is 0. The molecule has 9 N–H and O–H groups in total. The molecule has 4 aliphatic rings. The third-order valence-corrected chi connectivity index (χ3v) is 11.7. The number of carbonyl (C=O) groups is 3. The van der Waals surface area contributed by atoms with E-state index in [1.165, 1.54) is 13.8 Å². The quantitative estimate of drug-likeness (QED) is 0.0709. The Kier molecular flexibility index (Phi) is 18.4. The number of nitrogens with zero attached hydrogens (tertiary/aromatic N) is 1. The minimum atomic E-state index is -1.44. The Morgan fingerprint density at radius 1 is 1.00 bits per heavy atom. The second kappa shape index (κ2) is 22.2. The van der Waals surface area contributed by atoms with Crippen molar-refractivity contribution in [1.82, 2.24) is 15.5 Å². The summed E-state index contributed by atoms with van der Waals surface area (Å²) in [6.07, 6.45) is -4.61. The first-order chi connectivity index (χ1) is 26.3. The zero-order valence-electron chi connectivity index (χ0n) is 33.0. The molecule has 0 radical (unpaired) electrons. The summed E-state index contributed by atoms with van der Waals surface area (Å²) in [5, 5.41) is 57.4. The topological polar surface area (TPSA) is 252 Å². The Bertz CT molecular complexity index is 1190. The molecule has 2 aliphatic carbocycles. The fraction of sp³-hybridized carbons (Fsp3) is 0.921. The van der Waals surface area contributed by atoms with Crippen molar-refractivity contribution in [3.8, 4) is 0 Å². The van der Waals surface area contributed by atoms with Crippen molar-refractivity contribution in [3.63, 3.8) is 0 Å². The van der Waals surface area contributed by atoms with Crippen molar-refractivity contribution in [1.29, 1.82) is 0 Å². The minimum Gasteiger partial charge on any atom is -0.394 e. The second-order valence-electron chi connectivity index (χ2n) is 15.8. The largest absolute Gasteiger partial charge is 0.394 e. The molecule has 0 spiro atoms. The van der Waals surface area contributed by atoms with Crippen LogP contribution in [0, 0.1) is 17.8 Å². The van der Waals surface area contributed by atoms with E-state index < -0.39 is 98.6 Å². The summed E-state index contributed by atoms with van der Waals surface area (Å²) in [5.41, 5.74) is 5.67. The highest BCUT2D eigenvalue weighted by Gasteiger charge is 2.52. The SMILES string of the molecule is CC[C@@H]1CC(C(=O)NCCN)CC(O[C@@H]2O[C@@H](CO)C(O)C(O[C@@H](CC3CCCCC3)C(=O)N3CCC3)C2NC(C)=O)C1O[C@@H](C)OC(C)C(O)[C@H](O)CO. The van der Waals surface area contributed by atoms with Crippen LogP contribution in [0.3, 0.4) is 0 Å². The van der Waals surface area contributed by atoms with Gasteiger partial charge < -0.3 is 70.5 Å². The van der Waals surface area contributed by atoms with Gasteiger partial charge in [0.15, 0.2) is 12.6 Å². The molecule has 0 aromatic heterocycles. The van der Waals surface area contributed by atoms with Gasteiger partial charge in [0, 0.05) is 39.0 Å². The number of aliphatic hydroxyl groups excluding tert-OH is 5. The fourth-order valence-electron chi connectivity index (χ4n) is 8.43. The molecule has 17 nitrogen and oxygen atoms in total. The molecule has 318 valence electrons. The van der Waals surface area contributed by atoms with E-state index >= 15 is 0 Å². The third-order valence-electron chi connectivity index (χ3n) is 11.7. The second-order valence-corrected chi connectivity index (χ2v) is 15.8. The lowest BCUT2D eigenvalue weighted by Crippen LogP contribution is -2.67. The van der Waals surface area contributed by atoms with Gasteiger partial charge in [0.25, 0.3) is 5.91 Å². The zero-order valence-corrected chi connectivity index (χ0v) is 33.0. The molecule has 3 amide bonds. The van der Waals surface area contributed by atoms with Gasteiger partial charge in [-0.2, -0.15) is 0 Å². The van der Waals surface area contributed by atoms with Gasteiger partial charge in [-0.15, -0.1) is 0 Å². The van der Waals surface area contributed by atoms with E-state index in [4.69, 9.17) is 29.4 Å². The Morgan fingerprint density at radius 3 is 2.29 bits per heavy atom. The van der Waals surface area contributed by atoms with Crippen LogP contribution in [0.5, 0.6) is 0 Å². The van der Waals surface area contributed by atoms with E-state index in [0.29, 0.717) is 32.4 Å². The summed E-state index contributed by atoms with van der Waals surface area (Å²) in [5.74, 6) is -1.35. The Labute approximate surface area is 324 Å². The van der Waals surface area contributed by atoms with Crippen LogP contribution in [-0.2, 0) is 38.1 Å². The van der Waals surface area contributed by atoms with Crippen molar-refractivity contribution >= 4 is 17.7 Å². The van der Waals surface area contributed by atoms with E-state index in [9.17, 15) is 39.9 Å². The lowest BCUT2D eigenvalue weighted by Gasteiger charge is -2.49. The van der Waals surface area contributed by atoms with E-state index in [0.717, 1.165) is 38.5 Å². The molecule has 14 atom stereocenters. The lowest BCUT2D eigenvalue weighted by molar-refractivity contribution is -0.315. The first-order valence-electron chi connectivity index (χ1n) is 20.4. The van der Waals surface area contributed by atoms with Crippen molar-refractivity contribution in [2.24, 2.45) is 23.5 Å². The maximum atomic E-state index is 13.8. The molecule has 8 unspecified atom stereocenters. The van der Waals surface area contributed by atoms with Gasteiger partial charge in [0.05, 0.1) is 31.5 Å². The van der Waals surface area contributed by atoms with Crippen LogP contribution in [0.2, 0.25) is 0 Å². The molecule has 2 saturated carbocycles. The van der Waals surface area contributed by atoms with Crippen LogP contribution < -0.4 is 16.4 Å². The molecule has 0 bridgehead atoms. The molecule has 0 aromatic rings. The third kappa shape index (κ3) is 12.5. The van der Waals surface area contributed by atoms with Crippen molar-refractivity contribution in [2.45, 2.75) is 165 Å². The summed E-state index contributed by atoms with van der Waals surface area (Å²) in [6.45, 7) is 6.92. The summed E-state index contributed by atoms with van der Waals surface area (Å²) < 4.78 is 31.9. The van der Waals surface area contributed by atoms with E-state index in [-0.39, 0.29) is 43.2 Å². The standard InChI is InChI=1S/C38H68N4O13/c1-5-25-17-26(36(49)40-13-12-39)18-28(34(25)52-23(4)51-21(2)32(47)27(46)19-43)54-38-31(41-22(3)45)35(33(48)30(20-44)55-38)53-29(37(50)42-14-9-15-42)16-24-10-7-6-8-11-24/h21,23-35,38,43-44,46-48H,5-20,39H2,1-4H3,(H,40,49)(H,41,45)/t21?,23-,25+,26?,27+,28?,29-,30-,31?,32?,33?,34?,35?,38+/m0/s1. The maximum absolute atomic E-state index is 13.8. The highest BCUT2D eigenvalue weighted by atomic mass is 16.7. The van der Waals surface area contributed by atoms with Gasteiger partial charge in [-0.1, -0.05) is 45.4 Å². The van der Waals surface area contributed by atoms with Gasteiger partial charge >= 0.3 is 0 Å². The number of carbonyl (C=O) groups excluding carboxylic acids is 3. The van der Waals surface area contributed by atoms with Gasteiger partial charge in [0.2, 0.25) is 11.8 Å². The number of amides is 3. The average Bonchev–Trinajstić information content (AvgIpc) is 3.14. The molecular weight excluding hydrogens is 720 g/mol. The molecule has 2 saturated heterocycles. The van der Waals surface area contributed by atoms with E-state index in [1.54, 1.807) is 11.8 Å². The van der Waals surface area contributed by atoms with Gasteiger partial charge in [0.1, 0.15) is 42.7 Å². The van der Waals surface area contributed by atoms with Crippen molar-refractivity contribution in [2.75, 3.05) is 39.4 Å². The normalized spacial score (nSPS) is 33.1. The molecule has 0 aromatic carbocycles.